The molecule has 0 amide bonds. The maximum absolute atomic E-state index is 4.29. The molecule has 0 radical (unpaired) electrons. The molecule has 2 aromatic heterocycles. The SMILES string of the molecule is C=C[C@H]1CN2Cc3c([nH]c4ccccc34)C[C@@H]2C[C@@H]1C[C@H]1c2[nH]c3ccccc3c2CCN1C. The minimum Gasteiger partial charge on any atom is -0.358 e. The van der Waals surface area contributed by atoms with Gasteiger partial charge >= 0.3 is 0 Å². The minimum absolute atomic E-state index is 0.461. The molecule has 0 aliphatic carbocycles. The Balaban J connectivity index is 1.18. The summed E-state index contributed by atoms with van der Waals surface area (Å²) in [5, 5.41) is 2.83. The molecule has 34 heavy (non-hydrogen) atoms. The Morgan fingerprint density at radius 1 is 1.00 bits per heavy atom. The number of hydrogen-bond acceptors (Lipinski definition) is 2. The summed E-state index contributed by atoms with van der Waals surface area (Å²) in [4.78, 5) is 12.9. The van der Waals surface area contributed by atoms with Crippen molar-refractivity contribution in [2.24, 2.45) is 11.8 Å². The summed E-state index contributed by atoms with van der Waals surface area (Å²) in [7, 11) is 2.31. The molecule has 174 valence electrons. The van der Waals surface area contributed by atoms with Crippen molar-refractivity contribution < 1.29 is 0 Å². The van der Waals surface area contributed by atoms with E-state index in [1.165, 1.54) is 51.6 Å². The van der Waals surface area contributed by atoms with Crippen LogP contribution in [0.4, 0.5) is 0 Å². The Hall–Kier alpha value is -2.82. The maximum atomic E-state index is 4.29. The van der Waals surface area contributed by atoms with Crippen LogP contribution in [0.5, 0.6) is 0 Å². The number of H-pyrrole nitrogens is 2. The Kier molecular flexibility index (Phi) is 4.75. The third kappa shape index (κ3) is 3.12. The van der Waals surface area contributed by atoms with Gasteiger partial charge in [0.1, 0.15) is 0 Å². The third-order valence-electron chi connectivity index (χ3n) is 9.10. The van der Waals surface area contributed by atoms with Crippen molar-refractivity contribution >= 4 is 21.8 Å². The molecule has 4 aromatic rings. The van der Waals surface area contributed by atoms with Crippen LogP contribution in [0.25, 0.3) is 21.8 Å². The number of para-hydroxylation sites is 2. The molecule has 1 fully saturated rings. The predicted octanol–water partition coefficient (Wildman–Crippen LogP) is 5.82. The lowest BCUT2D eigenvalue weighted by Crippen LogP contribution is -2.50. The fraction of sp³-hybridized carbons (Fsp3) is 0.400. The highest BCUT2D eigenvalue weighted by molar-refractivity contribution is 5.85. The molecule has 0 unspecified atom stereocenters. The van der Waals surface area contributed by atoms with Crippen LogP contribution in [-0.2, 0) is 19.4 Å². The molecule has 4 atom stereocenters. The van der Waals surface area contributed by atoms with Gasteiger partial charge in [-0.1, -0.05) is 42.5 Å². The van der Waals surface area contributed by atoms with Crippen molar-refractivity contribution in [1.82, 2.24) is 19.8 Å². The van der Waals surface area contributed by atoms with E-state index in [9.17, 15) is 0 Å². The van der Waals surface area contributed by atoms with Gasteiger partial charge in [0.2, 0.25) is 0 Å². The number of hydrogen-bond donors (Lipinski definition) is 2. The van der Waals surface area contributed by atoms with Crippen molar-refractivity contribution in [3.05, 3.63) is 83.7 Å². The Bertz CT molecular complexity index is 1380. The standard InChI is InChI=1S/C30H34N4/c1-3-19-17-34-18-25-23-9-5-6-10-26(23)31-28(25)16-21(34)14-20(19)15-29-30-24(12-13-33(29)2)22-8-4-7-11-27(22)32-30/h3-11,19-21,29,31-32H,1,12-18H2,2H3/t19-,20+,21-,29-/m0/s1. The minimum atomic E-state index is 0.461. The number of aromatic nitrogens is 2. The number of piperidine rings is 1. The van der Waals surface area contributed by atoms with Crippen LogP contribution in [0.2, 0.25) is 0 Å². The van der Waals surface area contributed by atoms with Gasteiger partial charge in [-0.3, -0.25) is 9.80 Å². The van der Waals surface area contributed by atoms with E-state index in [4.69, 9.17) is 0 Å². The lowest BCUT2D eigenvalue weighted by molar-refractivity contribution is 0.0471. The Morgan fingerprint density at radius 3 is 2.53 bits per heavy atom. The van der Waals surface area contributed by atoms with E-state index in [0.717, 1.165) is 32.5 Å². The van der Waals surface area contributed by atoms with Crippen molar-refractivity contribution in [2.75, 3.05) is 20.1 Å². The molecule has 0 bridgehead atoms. The van der Waals surface area contributed by atoms with E-state index in [-0.39, 0.29) is 0 Å². The summed E-state index contributed by atoms with van der Waals surface area (Å²) >= 11 is 0. The number of nitrogens with zero attached hydrogens (tertiary/aromatic N) is 2. The first kappa shape index (κ1) is 20.5. The molecule has 2 aromatic carbocycles. The normalized spacial score (nSPS) is 27.4. The van der Waals surface area contributed by atoms with Crippen LogP contribution < -0.4 is 0 Å². The summed E-state index contributed by atoms with van der Waals surface area (Å²) in [5.41, 5.74) is 8.57. The van der Waals surface area contributed by atoms with Crippen molar-refractivity contribution in [3.63, 3.8) is 0 Å². The van der Waals surface area contributed by atoms with Gasteiger partial charge in [-0.05, 0) is 61.4 Å². The molecule has 3 aliphatic rings. The summed E-state index contributed by atoms with van der Waals surface area (Å²) in [6, 6.07) is 18.7. The van der Waals surface area contributed by atoms with Crippen LogP contribution in [0, 0.1) is 11.8 Å². The zero-order valence-corrected chi connectivity index (χ0v) is 20.1. The van der Waals surface area contributed by atoms with E-state index >= 15 is 0 Å². The van der Waals surface area contributed by atoms with Crippen LogP contribution in [0.1, 0.15) is 41.4 Å². The largest absolute Gasteiger partial charge is 0.358 e. The molecule has 1 saturated heterocycles. The fourth-order valence-corrected chi connectivity index (χ4v) is 7.26. The molecular formula is C30H34N4. The average Bonchev–Trinajstić information content (AvgIpc) is 3.42. The summed E-state index contributed by atoms with van der Waals surface area (Å²) in [6.45, 7) is 7.63. The number of fused-ring (bicyclic) bond motifs is 7. The molecule has 0 spiro atoms. The number of aromatic amines is 2. The Morgan fingerprint density at radius 2 is 1.74 bits per heavy atom. The summed E-state index contributed by atoms with van der Waals surface area (Å²) in [6.07, 6.45) is 6.99. The van der Waals surface area contributed by atoms with Crippen LogP contribution in [0.3, 0.4) is 0 Å². The first-order chi connectivity index (χ1) is 16.7. The fourth-order valence-electron chi connectivity index (χ4n) is 7.26. The second kappa shape index (κ2) is 7.86. The van der Waals surface area contributed by atoms with Crippen molar-refractivity contribution in [1.29, 1.82) is 0 Å². The predicted molar refractivity (Wildman–Crippen MR) is 140 cm³/mol. The lowest BCUT2D eigenvalue weighted by Gasteiger charge is -2.47. The first-order valence-electron chi connectivity index (χ1n) is 12.9. The van der Waals surface area contributed by atoms with E-state index in [0.29, 0.717) is 23.9 Å². The highest BCUT2D eigenvalue weighted by Gasteiger charge is 2.40. The van der Waals surface area contributed by atoms with Gasteiger partial charge in [0.15, 0.2) is 0 Å². The number of benzene rings is 2. The van der Waals surface area contributed by atoms with E-state index in [1.807, 2.05) is 0 Å². The molecule has 3 aliphatic heterocycles. The highest BCUT2D eigenvalue weighted by Crippen LogP contribution is 2.44. The van der Waals surface area contributed by atoms with Crippen LogP contribution in [-0.4, -0.2) is 45.9 Å². The first-order valence-corrected chi connectivity index (χ1v) is 12.9. The topological polar surface area (TPSA) is 38.1 Å². The molecule has 7 rings (SSSR count). The van der Waals surface area contributed by atoms with E-state index < -0.39 is 0 Å². The third-order valence-corrected chi connectivity index (χ3v) is 9.10. The molecule has 4 nitrogen and oxygen atoms in total. The van der Waals surface area contributed by atoms with Crippen molar-refractivity contribution in [2.45, 2.75) is 44.3 Å². The molecule has 0 saturated carbocycles. The van der Waals surface area contributed by atoms with Gasteiger partial charge in [0, 0.05) is 65.3 Å². The maximum Gasteiger partial charge on any atom is 0.0501 e. The second-order valence-electron chi connectivity index (χ2n) is 10.9. The van der Waals surface area contributed by atoms with E-state index in [2.05, 4.69) is 88.0 Å². The average molecular weight is 451 g/mol. The zero-order valence-electron chi connectivity index (χ0n) is 20.1. The quantitative estimate of drug-likeness (QED) is 0.386. The molecule has 5 heterocycles. The van der Waals surface area contributed by atoms with Gasteiger partial charge in [-0.15, -0.1) is 6.58 Å². The summed E-state index contributed by atoms with van der Waals surface area (Å²) in [5.74, 6) is 1.21. The number of rotatable bonds is 3. The van der Waals surface area contributed by atoms with Gasteiger partial charge in [0.05, 0.1) is 6.04 Å². The van der Waals surface area contributed by atoms with Gasteiger partial charge in [-0.25, -0.2) is 0 Å². The number of nitrogens with one attached hydrogen (secondary N) is 2. The Labute approximate surface area is 201 Å². The highest BCUT2D eigenvalue weighted by atomic mass is 15.2. The zero-order chi connectivity index (χ0) is 22.8. The van der Waals surface area contributed by atoms with Crippen LogP contribution in [0.15, 0.2) is 61.2 Å². The molecular weight excluding hydrogens is 416 g/mol. The second-order valence-corrected chi connectivity index (χ2v) is 10.9. The van der Waals surface area contributed by atoms with Crippen molar-refractivity contribution in [3.8, 4) is 0 Å². The van der Waals surface area contributed by atoms with Gasteiger partial charge < -0.3 is 9.97 Å². The smallest absolute Gasteiger partial charge is 0.0501 e. The van der Waals surface area contributed by atoms with E-state index in [1.54, 1.807) is 5.56 Å². The lowest BCUT2D eigenvalue weighted by atomic mass is 9.74. The summed E-state index contributed by atoms with van der Waals surface area (Å²) < 4.78 is 0. The van der Waals surface area contributed by atoms with Crippen LogP contribution >= 0.6 is 0 Å². The molecule has 4 heteroatoms. The number of likely N-dealkylation sites (N-methyl/N-ethyl adjacent to an activating group) is 1. The monoisotopic (exact) mass is 450 g/mol. The van der Waals surface area contributed by atoms with Gasteiger partial charge in [0.25, 0.3) is 0 Å². The molecule has 2 N–H and O–H groups in total. The van der Waals surface area contributed by atoms with Gasteiger partial charge in [-0.2, -0.15) is 0 Å².